The quantitative estimate of drug-likeness (QED) is 0.876. The number of rotatable bonds is 6. The van der Waals surface area contributed by atoms with Gasteiger partial charge < -0.3 is 14.4 Å². The molecule has 1 aliphatic rings. The zero-order valence-corrected chi connectivity index (χ0v) is 14.5. The van der Waals surface area contributed by atoms with Crippen molar-refractivity contribution in [1.29, 1.82) is 0 Å². The molecule has 0 saturated carbocycles. The van der Waals surface area contributed by atoms with Crippen molar-refractivity contribution in [3.8, 4) is 5.75 Å². The average Bonchev–Trinajstić information content (AvgIpc) is 3.14. The molecule has 6 nitrogen and oxygen atoms in total. The van der Waals surface area contributed by atoms with Gasteiger partial charge in [0.1, 0.15) is 5.75 Å². The topological polar surface area (TPSA) is 71.6 Å². The monoisotopic (exact) mass is 331 g/mol. The van der Waals surface area contributed by atoms with Gasteiger partial charge in [0, 0.05) is 32.2 Å². The van der Waals surface area contributed by atoms with Crippen LogP contribution < -0.4 is 4.74 Å². The summed E-state index contributed by atoms with van der Waals surface area (Å²) >= 11 is 0. The zero-order valence-electron chi connectivity index (χ0n) is 14.5. The third-order valence-electron chi connectivity index (χ3n) is 4.31. The first-order chi connectivity index (χ1) is 11.5. The van der Waals surface area contributed by atoms with Crippen molar-refractivity contribution in [3.05, 3.63) is 41.5 Å². The molecule has 1 aromatic carbocycles. The Bertz CT molecular complexity index is 654. The lowest BCUT2D eigenvalue weighted by atomic mass is 9.97. The number of likely N-dealkylation sites (tertiary alicyclic amines) is 1. The minimum atomic E-state index is 0.0970. The van der Waals surface area contributed by atoms with Gasteiger partial charge in [-0.25, -0.2) is 0 Å². The average molecular weight is 331 g/mol. The maximum atomic E-state index is 9.68. The number of aliphatic hydroxyl groups excluding tert-OH is 1. The number of hydrogen-bond donors (Lipinski definition) is 1. The SMILES string of the molecule is Cc1noc([C@@H]2CN(Cc3ccc(OC(C)C)cc3)C[C@H]2CO)n1. The van der Waals surface area contributed by atoms with Crippen LogP contribution in [0.3, 0.4) is 0 Å². The third kappa shape index (κ3) is 3.94. The fourth-order valence-electron chi connectivity index (χ4n) is 3.22. The Balaban J connectivity index is 1.63. The minimum Gasteiger partial charge on any atom is -0.491 e. The lowest BCUT2D eigenvalue weighted by Crippen LogP contribution is -2.20. The minimum absolute atomic E-state index is 0.0970. The Labute approximate surface area is 142 Å². The van der Waals surface area contributed by atoms with E-state index in [1.165, 1.54) is 5.56 Å². The molecule has 1 aromatic heterocycles. The molecule has 6 heteroatoms. The summed E-state index contributed by atoms with van der Waals surface area (Å²) in [6, 6.07) is 8.20. The number of nitrogens with zero attached hydrogens (tertiary/aromatic N) is 3. The van der Waals surface area contributed by atoms with Crippen molar-refractivity contribution in [3.63, 3.8) is 0 Å². The molecule has 2 aromatic rings. The summed E-state index contributed by atoms with van der Waals surface area (Å²) < 4.78 is 11.0. The Morgan fingerprint density at radius 3 is 2.62 bits per heavy atom. The predicted molar refractivity (Wildman–Crippen MR) is 89.8 cm³/mol. The largest absolute Gasteiger partial charge is 0.491 e. The van der Waals surface area contributed by atoms with E-state index in [4.69, 9.17) is 9.26 Å². The molecule has 1 aliphatic heterocycles. The van der Waals surface area contributed by atoms with E-state index in [9.17, 15) is 5.11 Å². The normalized spacial score (nSPS) is 21.5. The molecule has 2 heterocycles. The van der Waals surface area contributed by atoms with Crippen LogP contribution in [0.15, 0.2) is 28.8 Å². The van der Waals surface area contributed by atoms with Crippen molar-refractivity contribution in [2.75, 3.05) is 19.7 Å². The highest BCUT2D eigenvalue weighted by atomic mass is 16.5. The standard InChI is InChI=1S/C18H25N3O3/c1-12(2)23-16-6-4-14(5-7-16)8-21-9-15(11-22)17(10-21)18-19-13(3)20-24-18/h4-7,12,15,17,22H,8-11H2,1-3H3/t15-,17+/m0/s1. The van der Waals surface area contributed by atoms with Gasteiger partial charge in [0.2, 0.25) is 5.89 Å². The van der Waals surface area contributed by atoms with Gasteiger partial charge in [0.05, 0.1) is 12.0 Å². The van der Waals surface area contributed by atoms with Crippen LogP contribution in [0.2, 0.25) is 0 Å². The number of benzene rings is 1. The highest BCUT2D eigenvalue weighted by Gasteiger charge is 2.36. The Hall–Kier alpha value is -1.92. The van der Waals surface area contributed by atoms with Crippen molar-refractivity contribution >= 4 is 0 Å². The highest BCUT2D eigenvalue weighted by Crippen LogP contribution is 2.32. The zero-order chi connectivity index (χ0) is 17.1. The van der Waals surface area contributed by atoms with Crippen LogP contribution in [0.1, 0.15) is 37.0 Å². The first-order valence-corrected chi connectivity index (χ1v) is 8.44. The molecule has 1 saturated heterocycles. The van der Waals surface area contributed by atoms with E-state index >= 15 is 0 Å². The lowest BCUT2D eigenvalue weighted by molar-refractivity contribution is 0.205. The third-order valence-corrected chi connectivity index (χ3v) is 4.31. The van der Waals surface area contributed by atoms with Crippen molar-refractivity contribution in [2.24, 2.45) is 5.92 Å². The van der Waals surface area contributed by atoms with Crippen LogP contribution in [0.5, 0.6) is 5.75 Å². The summed E-state index contributed by atoms with van der Waals surface area (Å²) in [5.74, 6) is 2.39. The molecule has 0 bridgehead atoms. The van der Waals surface area contributed by atoms with Crippen molar-refractivity contribution < 1.29 is 14.4 Å². The van der Waals surface area contributed by atoms with Crippen LogP contribution in [-0.4, -0.2) is 45.9 Å². The summed E-state index contributed by atoms with van der Waals surface area (Å²) in [4.78, 5) is 6.66. The van der Waals surface area contributed by atoms with E-state index in [1.807, 2.05) is 32.9 Å². The molecule has 1 N–H and O–H groups in total. The van der Waals surface area contributed by atoms with Gasteiger partial charge >= 0.3 is 0 Å². The second kappa shape index (κ2) is 7.32. The number of hydrogen-bond acceptors (Lipinski definition) is 6. The second-order valence-electron chi connectivity index (χ2n) is 6.73. The van der Waals surface area contributed by atoms with Gasteiger partial charge in [-0.05, 0) is 38.5 Å². The summed E-state index contributed by atoms with van der Waals surface area (Å²) in [6.07, 6.45) is 0.179. The fourth-order valence-corrected chi connectivity index (χ4v) is 3.22. The molecule has 1 fully saturated rings. The van der Waals surface area contributed by atoms with Gasteiger partial charge in [0.15, 0.2) is 5.82 Å². The molecule has 0 aliphatic carbocycles. The molecule has 0 amide bonds. The molecular weight excluding hydrogens is 306 g/mol. The molecule has 0 spiro atoms. The van der Waals surface area contributed by atoms with E-state index in [-0.39, 0.29) is 24.5 Å². The molecule has 2 atom stereocenters. The molecular formula is C18H25N3O3. The van der Waals surface area contributed by atoms with E-state index in [1.54, 1.807) is 0 Å². The maximum absolute atomic E-state index is 9.68. The Morgan fingerprint density at radius 1 is 1.29 bits per heavy atom. The summed E-state index contributed by atoms with van der Waals surface area (Å²) in [5.41, 5.74) is 1.23. The molecule has 0 radical (unpaired) electrons. The molecule has 130 valence electrons. The fraction of sp³-hybridized carbons (Fsp3) is 0.556. The van der Waals surface area contributed by atoms with Gasteiger partial charge in [-0.3, -0.25) is 4.90 Å². The van der Waals surface area contributed by atoms with E-state index in [2.05, 4.69) is 27.2 Å². The van der Waals surface area contributed by atoms with Crippen LogP contribution in [0, 0.1) is 12.8 Å². The van der Waals surface area contributed by atoms with Crippen molar-refractivity contribution in [2.45, 2.75) is 39.3 Å². The summed E-state index contributed by atoms with van der Waals surface area (Å²) in [5, 5.41) is 13.5. The van der Waals surface area contributed by atoms with E-state index in [0.717, 1.165) is 25.4 Å². The lowest BCUT2D eigenvalue weighted by Gasteiger charge is -2.16. The highest BCUT2D eigenvalue weighted by molar-refractivity contribution is 5.27. The van der Waals surface area contributed by atoms with Crippen LogP contribution in [0.25, 0.3) is 0 Å². The molecule has 3 rings (SSSR count). The van der Waals surface area contributed by atoms with Gasteiger partial charge in [-0.2, -0.15) is 4.98 Å². The Kier molecular flexibility index (Phi) is 5.16. The summed E-state index contributed by atoms with van der Waals surface area (Å²) in [7, 11) is 0. The van der Waals surface area contributed by atoms with Gasteiger partial charge in [-0.15, -0.1) is 0 Å². The first-order valence-electron chi connectivity index (χ1n) is 8.44. The maximum Gasteiger partial charge on any atom is 0.231 e. The van der Waals surface area contributed by atoms with Crippen LogP contribution in [-0.2, 0) is 6.54 Å². The van der Waals surface area contributed by atoms with E-state index < -0.39 is 0 Å². The number of aliphatic hydroxyl groups is 1. The van der Waals surface area contributed by atoms with Crippen LogP contribution >= 0.6 is 0 Å². The van der Waals surface area contributed by atoms with E-state index in [0.29, 0.717) is 11.7 Å². The Morgan fingerprint density at radius 2 is 2.04 bits per heavy atom. The first kappa shape index (κ1) is 16.9. The second-order valence-corrected chi connectivity index (χ2v) is 6.73. The smallest absolute Gasteiger partial charge is 0.231 e. The predicted octanol–water partition coefficient (Wildman–Crippen LogP) is 2.37. The summed E-state index contributed by atoms with van der Waals surface area (Å²) in [6.45, 7) is 8.46. The molecule has 0 unspecified atom stereocenters. The van der Waals surface area contributed by atoms with Crippen LogP contribution in [0.4, 0.5) is 0 Å². The van der Waals surface area contributed by atoms with Gasteiger partial charge in [0.25, 0.3) is 0 Å². The molecule has 24 heavy (non-hydrogen) atoms. The number of aromatic nitrogens is 2. The number of aryl methyl sites for hydroxylation is 1. The van der Waals surface area contributed by atoms with Gasteiger partial charge in [-0.1, -0.05) is 17.3 Å². The van der Waals surface area contributed by atoms with Crippen molar-refractivity contribution in [1.82, 2.24) is 15.0 Å². The number of ether oxygens (including phenoxy) is 1.